The zero-order chi connectivity index (χ0) is 18.8. The maximum absolute atomic E-state index is 12.2. The summed E-state index contributed by atoms with van der Waals surface area (Å²) in [7, 11) is -3.15. The van der Waals surface area contributed by atoms with Crippen molar-refractivity contribution in [2.75, 3.05) is 13.7 Å². The third-order valence-electron chi connectivity index (χ3n) is 4.23. The second kappa shape index (κ2) is 11.2. The van der Waals surface area contributed by atoms with Crippen LogP contribution < -0.4 is 0 Å². The lowest BCUT2D eigenvalue weighted by Crippen LogP contribution is -2.40. The van der Waals surface area contributed by atoms with Gasteiger partial charge in [-0.25, -0.2) is 0 Å². The zero-order valence-electron chi connectivity index (χ0n) is 16.4. The summed E-state index contributed by atoms with van der Waals surface area (Å²) in [5.41, 5.74) is 1.94. The van der Waals surface area contributed by atoms with E-state index in [0.717, 1.165) is 24.6 Å². The Balaban J connectivity index is 4.35. The quantitative estimate of drug-likeness (QED) is 0.205. The molecule has 7 heteroatoms. The lowest BCUT2D eigenvalue weighted by molar-refractivity contribution is -0.147. The lowest BCUT2D eigenvalue weighted by Gasteiger charge is -2.29. The first kappa shape index (κ1) is 23.5. The number of hydrogen-bond donors (Lipinski definition) is 0. The Bertz CT molecular complexity index is 415. The molecule has 24 heavy (non-hydrogen) atoms. The van der Waals surface area contributed by atoms with E-state index >= 15 is 0 Å². The van der Waals surface area contributed by atoms with Crippen LogP contribution in [0.5, 0.6) is 0 Å². The first-order valence-electron chi connectivity index (χ1n) is 8.73. The predicted octanol–water partition coefficient (Wildman–Crippen LogP) is 4.26. The number of hydrogen-bond acceptors (Lipinski definition) is 4. The maximum atomic E-state index is 12.2. The van der Waals surface area contributed by atoms with Gasteiger partial charge in [0.05, 0.1) is 12.5 Å². The van der Waals surface area contributed by atoms with Crippen molar-refractivity contribution >= 4 is 31.6 Å². The van der Waals surface area contributed by atoms with Crippen molar-refractivity contribution in [3.05, 3.63) is 24.9 Å². The van der Waals surface area contributed by atoms with Gasteiger partial charge in [-0.15, -0.1) is 13.2 Å². The van der Waals surface area contributed by atoms with Crippen LogP contribution in [0.15, 0.2) is 24.9 Å². The summed E-state index contributed by atoms with van der Waals surface area (Å²) in [6, 6.07) is 2.66. The van der Waals surface area contributed by atoms with Gasteiger partial charge in [0.15, 0.2) is 17.4 Å². The third-order valence-corrected chi connectivity index (χ3v) is 13.9. The highest BCUT2D eigenvalue weighted by atomic mass is 28.4. The van der Waals surface area contributed by atoms with Gasteiger partial charge in [0, 0.05) is 7.11 Å². The highest BCUT2D eigenvalue weighted by Crippen LogP contribution is 2.22. The largest absolute Gasteiger partial charge is 0.465 e. The molecule has 0 saturated heterocycles. The topological polar surface area (TPSA) is 44.8 Å². The van der Waals surface area contributed by atoms with Gasteiger partial charge in [0.2, 0.25) is 8.32 Å². The predicted molar refractivity (Wildman–Crippen MR) is 110 cm³/mol. The molecular formula is C17H36O4Si3. The molecule has 0 heterocycles. The smallest absolute Gasteiger partial charge is 0.308 e. The van der Waals surface area contributed by atoms with Crippen molar-refractivity contribution in [3.63, 3.8) is 0 Å². The van der Waals surface area contributed by atoms with E-state index in [0.29, 0.717) is 6.61 Å². The van der Waals surface area contributed by atoms with Gasteiger partial charge in [-0.1, -0.05) is 18.7 Å². The Hall–Kier alpha value is -0.479. The van der Waals surface area contributed by atoms with Gasteiger partial charge in [0.1, 0.15) is 0 Å². The van der Waals surface area contributed by atoms with E-state index in [-0.39, 0.29) is 11.9 Å². The fraction of sp³-hybridized carbons (Fsp3) is 0.706. The summed E-state index contributed by atoms with van der Waals surface area (Å²) >= 11 is 0. The minimum absolute atomic E-state index is 0.130. The van der Waals surface area contributed by atoms with E-state index in [1.165, 1.54) is 0 Å². The van der Waals surface area contributed by atoms with Crippen LogP contribution in [0.1, 0.15) is 13.3 Å². The fourth-order valence-electron chi connectivity index (χ4n) is 2.53. The van der Waals surface area contributed by atoms with E-state index < -0.39 is 25.7 Å². The van der Waals surface area contributed by atoms with Crippen molar-refractivity contribution in [1.82, 2.24) is 0 Å². The molecule has 0 N–H and O–H groups in total. The highest BCUT2D eigenvalue weighted by Gasteiger charge is 2.32. The molecule has 0 aromatic rings. The van der Waals surface area contributed by atoms with Gasteiger partial charge in [-0.2, -0.15) is 0 Å². The highest BCUT2D eigenvalue weighted by molar-refractivity contribution is 6.83. The molecule has 0 aromatic carbocycles. The molecule has 0 rings (SSSR count). The number of ether oxygens (including phenoxy) is 1. The van der Waals surface area contributed by atoms with E-state index in [1.54, 1.807) is 7.11 Å². The van der Waals surface area contributed by atoms with Gasteiger partial charge in [-0.05, 0) is 50.7 Å². The molecule has 4 nitrogen and oxygen atoms in total. The monoisotopic (exact) mass is 388 g/mol. The Labute approximate surface area is 152 Å². The average molecular weight is 389 g/mol. The van der Waals surface area contributed by atoms with Crippen molar-refractivity contribution in [2.24, 2.45) is 5.92 Å². The Kier molecular flexibility index (Phi) is 11.0. The van der Waals surface area contributed by atoms with E-state index in [9.17, 15) is 4.79 Å². The molecule has 0 saturated carbocycles. The second-order valence-corrected chi connectivity index (χ2v) is 18.2. The normalized spacial score (nSPS) is 16.8. The second-order valence-electron chi connectivity index (χ2n) is 7.31. The molecule has 0 aromatic heterocycles. The molecule has 0 radical (unpaired) electrons. The summed E-state index contributed by atoms with van der Waals surface area (Å²) in [6.07, 6.45) is 2.78. The minimum atomic E-state index is -2.07. The van der Waals surface area contributed by atoms with Crippen LogP contribution in [-0.4, -0.2) is 45.4 Å². The van der Waals surface area contributed by atoms with Crippen molar-refractivity contribution in [2.45, 2.75) is 57.7 Å². The van der Waals surface area contributed by atoms with E-state index in [4.69, 9.17) is 13.3 Å². The lowest BCUT2D eigenvalue weighted by atomic mass is 10.2. The molecule has 0 bridgehead atoms. The van der Waals surface area contributed by atoms with Crippen LogP contribution in [0.2, 0.25) is 44.3 Å². The maximum Gasteiger partial charge on any atom is 0.308 e. The van der Waals surface area contributed by atoms with Gasteiger partial charge in [-0.3, -0.25) is 4.79 Å². The first-order chi connectivity index (χ1) is 11.1. The van der Waals surface area contributed by atoms with Gasteiger partial charge in [0.25, 0.3) is 0 Å². The molecule has 0 aliphatic rings. The molecule has 3 unspecified atom stereocenters. The van der Waals surface area contributed by atoms with Crippen molar-refractivity contribution in [1.29, 1.82) is 0 Å². The van der Waals surface area contributed by atoms with E-state index in [2.05, 4.69) is 39.3 Å². The average Bonchev–Trinajstić information content (AvgIpc) is 2.51. The molecule has 3 atom stereocenters. The van der Waals surface area contributed by atoms with Crippen LogP contribution in [0.4, 0.5) is 0 Å². The number of allylic oxidation sites excluding steroid dienone is 1. The molecule has 0 amide bonds. The molecule has 0 aliphatic heterocycles. The fourth-order valence-corrected chi connectivity index (χ4v) is 10.6. The van der Waals surface area contributed by atoms with Gasteiger partial charge >= 0.3 is 5.97 Å². The Morgan fingerprint density at radius 2 is 1.92 bits per heavy atom. The van der Waals surface area contributed by atoms with Crippen LogP contribution in [0.25, 0.3) is 0 Å². The molecular weight excluding hydrogens is 352 g/mol. The number of rotatable bonds is 13. The number of carbonyl (C=O) groups is 1. The van der Waals surface area contributed by atoms with Crippen molar-refractivity contribution < 1.29 is 18.1 Å². The van der Waals surface area contributed by atoms with Crippen LogP contribution in [0.3, 0.4) is 0 Å². The Morgan fingerprint density at radius 1 is 1.29 bits per heavy atom. The summed E-state index contributed by atoms with van der Waals surface area (Å²) in [5.74, 6) is -0.286. The summed E-state index contributed by atoms with van der Waals surface area (Å²) in [6.45, 7) is 18.7. The molecule has 0 fully saturated rings. The zero-order valence-corrected chi connectivity index (χ0v) is 19.5. The summed E-state index contributed by atoms with van der Waals surface area (Å²) < 4.78 is 17.2. The third kappa shape index (κ3) is 9.73. The van der Waals surface area contributed by atoms with Crippen molar-refractivity contribution in [3.8, 4) is 0 Å². The summed E-state index contributed by atoms with van der Waals surface area (Å²) in [5, 5.41) is 0. The van der Waals surface area contributed by atoms with Crippen LogP contribution in [0, 0.1) is 5.92 Å². The SMILES string of the molecule is C=CC[SiH](C)O[Si](C)(C=C)CC(C)C(=O)OCCC[Si](C)(C)OC. The van der Waals surface area contributed by atoms with Gasteiger partial charge < -0.3 is 13.3 Å². The Morgan fingerprint density at radius 3 is 2.42 bits per heavy atom. The first-order valence-corrected chi connectivity index (χ1v) is 17.0. The number of esters is 1. The van der Waals surface area contributed by atoms with E-state index in [1.807, 2.05) is 18.7 Å². The molecule has 140 valence electrons. The summed E-state index contributed by atoms with van der Waals surface area (Å²) in [4.78, 5) is 12.2. The molecule has 0 spiro atoms. The standard InChI is InChI=1S/C17H36O4Si3/c1-9-13-22(5)21-24(8,10-2)15-16(3)17(18)20-12-11-14-23(6,7)19-4/h9-10,16,22H,1-2,11-15H2,3-8H3. The number of carbonyl (C=O) groups excluding carboxylic acids is 1. The molecule has 0 aliphatic carbocycles. The van der Waals surface area contributed by atoms with Crippen LogP contribution >= 0.6 is 0 Å². The minimum Gasteiger partial charge on any atom is -0.465 e. The van der Waals surface area contributed by atoms with Crippen LogP contribution in [-0.2, 0) is 18.1 Å².